The van der Waals surface area contributed by atoms with E-state index in [1.165, 1.54) is 5.56 Å². The third kappa shape index (κ3) is 4.70. The van der Waals surface area contributed by atoms with Crippen molar-refractivity contribution >= 4 is 5.84 Å². The number of aliphatic hydroxyl groups excluding tert-OH is 1. The van der Waals surface area contributed by atoms with Crippen LogP contribution in [-0.2, 0) is 13.1 Å². The Balaban J connectivity index is 2.09. The molecule has 4 nitrogen and oxygen atoms in total. The van der Waals surface area contributed by atoms with E-state index < -0.39 is 0 Å². The fraction of sp³-hybridized carbons (Fsp3) is 0.235. The molecular formula is C17H21N3O. The third-order valence-electron chi connectivity index (χ3n) is 3.31. The second-order valence-corrected chi connectivity index (χ2v) is 5.03. The average molecular weight is 283 g/mol. The van der Waals surface area contributed by atoms with Crippen molar-refractivity contribution in [3.8, 4) is 0 Å². The van der Waals surface area contributed by atoms with E-state index in [0.717, 1.165) is 24.2 Å². The number of nitrogens with zero attached hydrogens (tertiary/aromatic N) is 1. The number of nitrogen functional groups attached to an aromatic ring is 1. The molecule has 0 saturated carbocycles. The van der Waals surface area contributed by atoms with Crippen LogP contribution >= 0.6 is 0 Å². The van der Waals surface area contributed by atoms with Gasteiger partial charge in [-0.25, -0.2) is 0 Å². The number of benzene rings is 2. The van der Waals surface area contributed by atoms with Gasteiger partial charge in [0.1, 0.15) is 5.84 Å². The van der Waals surface area contributed by atoms with Gasteiger partial charge in [0, 0.05) is 25.2 Å². The van der Waals surface area contributed by atoms with E-state index in [0.29, 0.717) is 6.54 Å². The topological polar surface area (TPSA) is 73.3 Å². The standard InChI is InChI=1S/C17H21N3O/c18-17(19)16-8-4-7-15(11-16)13-20(9-10-21)12-14-5-2-1-3-6-14/h1-8,11,21H,9-10,12-13H2,(H3,18,19). The molecule has 21 heavy (non-hydrogen) atoms. The fourth-order valence-electron chi connectivity index (χ4n) is 2.29. The summed E-state index contributed by atoms with van der Waals surface area (Å²) in [5.41, 5.74) is 8.56. The molecule has 0 amide bonds. The van der Waals surface area contributed by atoms with Crippen molar-refractivity contribution in [3.63, 3.8) is 0 Å². The Hall–Kier alpha value is -2.17. The number of rotatable bonds is 7. The predicted octanol–water partition coefficient (Wildman–Crippen LogP) is 1.97. The predicted molar refractivity (Wildman–Crippen MR) is 85.1 cm³/mol. The maximum absolute atomic E-state index is 9.24. The van der Waals surface area contributed by atoms with Crippen molar-refractivity contribution in [2.24, 2.45) is 5.73 Å². The molecule has 0 heterocycles. The van der Waals surface area contributed by atoms with Crippen LogP contribution in [0.1, 0.15) is 16.7 Å². The molecule has 0 aliphatic rings. The summed E-state index contributed by atoms with van der Waals surface area (Å²) < 4.78 is 0. The molecule has 0 aromatic heterocycles. The summed E-state index contributed by atoms with van der Waals surface area (Å²) in [7, 11) is 0. The lowest BCUT2D eigenvalue weighted by Crippen LogP contribution is -2.26. The van der Waals surface area contributed by atoms with Crippen LogP contribution in [0.2, 0.25) is 0 Å². The summed E-state index contributed by atoms with van der Waals surface area (Å²) in [5.74, 6) is 0.0774. The molecule has 0 bridgehead atoms. The number of hydrogen-bond acceptors (Lipinski definition) is 3. The highest BCUT2D eigenvalue weighted by atomic mass is 16.3. The molecule has 0 spiro atoms. The van der Waals surface area contributed by atoms with Gasteiger partial charge in [-0.15, -0.1) is 0 Å². The van der Waals surface area contributed by atoms with Crippen molar-refractivity contribution in [1.82, 2.24) is 4.90 Å². The highest BCUT2D eigenvalue weighted by molar-refractivity contribution is 5.95. The zero-order valence-corrected chi connectivity index (χ0v) is 12.0. The molecule has 0 radical (unpaired) electrons. The number of nitrogens with one attached hydrogen (secondary N) is 1. The van der Waals surface area contributed by atoms with Gasteiger partial charge < -0.3 is 10.8 Å². The summed E-state index contributed by atoms with van der Waals surface area (Å²) >= 11 is 0. The van der Waals surface area contributed by atoms with Crippen molar-refractivity contribution in [1.29, 1.82) is 5.41 Å². The minimum atomic E-state index is 0.0774. The number of nitrogens with two attached hydrogens (primary N) is 1. The minimum absolute atomic E-state index is 0.0774. The minimum Gasteiger partial charge on any atom is -0.395 e. The van der Waals surface area contributed by atoms with Gasteiger partial charge in [0.05, 0.1) is 6.61 Å². The van der Waals surface area contributed by atoms with Crippen molar-refractivity contribution in [3.05, 3.63) is 71.3 Å². The first kappa shape index (κ1) is 15.2. The highest BCUT2D eigenvalue weighted by Gasteiger charge is 2.07. The first-order valence-electron chi connectivity index (χ1n) is 6.99. The van der Waals surface area contributed by atoms with E-state index >= 15 is 0 Å². The largest absolute Gasteiger partial charge is 0.395 e. The van der Waals surface area contributed by atoms with Gasteiger partial charge in [-0.3, -0.25) is 10.3 Å². The zero-order chi connectivity index (χ0) is 15.1. The number of amidine groups is 1. The molecule has 110 valence electrons. The van der Waals surface area contributed by atoms with Gasteiger partial charge in [-0.1, -0.05) is 48.5 Å². The molecular weight excluding hydrogens is 262 g/mol. The van der Waals surface area contributed by atoms with E-state index in [4.69, 9.17) is 11.1 Å². The maximum Gasteiger partial charge on any atom is 0.122 e. The Morgan fingerprint density at radius 1 is 1.00 bits per heavy atom. The average Bonchev–Trinajstić information content (AvgIpc) is 2.49. The molecule has 2 aromatic carbocycles. The van der Waals surface area contributed by atoms with Crippen LogP contribution in [0.5, 0.6) is 0 Å². The van der Waals surface area contributed by atoms with Gasteiger partial charge in [-0.2, -0.15) is 0 Å². The Kier molecular flexibility index (Phi) is 5.49. The van der Waals surface area contributed by atoms with Crippen LogP contribution in [0, 0.1) is 5.41 Å². The first-order valence-corrected chi connectivity index (χ1v) is 6.99. The molecule has 0 aliphatic heterocycles. The van der Waals surface area contributed by atoms with E-state index in [2.05, 4.69) is 17.0 Å². The SMILES string of the molecule is N=C(N)c1cccc(CN(CCO)Cc2ccccc2)c1. The molecule has 2 rings (SSSR count). The van der Waals surface area contributed by atoms with Crippen LogP contribution in [0.15, 0.2) is 54.6 Å². The third-order valence-corrected chi connectivity index (χ3v) is 3.31. The van der Waals surface area contributed by atoms with E-state index in [1.807, 2.05) is 42.5 Å². The van der Waals surface area contributed by atoms with Gasteiger partial charge >= 0.3 is 0 Å². The smallest absolute Gasteiger partial charge is 0.122 e. The second-order valence-electron chi connectivity index (χ2n) is 5.03. The first-order chi connectivity index (χ1) is 10.2. The van der Waals surface area contributed by atoms with Gasteiger partial charge in [0.2, 0.25) is 0 Å². The van der Waals surface area contributed by atoms with Crippen LogP contribution in [-0.4, -0.2) is 29.0 Å². The van der Waals surface area contributed by atoms with Crippen molar-refractivity contribution in [2.45, 2.75) is 13.1 Å². The molecule has 4 heteroatoms. The van der Waals surface area contributed by atoms with Crippen LogP contribution < -0.4 is 5.73 Å². The summed E-state index contributed by atoms with van der Waals surface area (Å²) in [6.07, 6.45) is 0. The molecule has 0 aliphatic carbocycles. The fourth-order valence-corrected chi connectivity index (χ4v) is 2.29. The summed E-state index contributed by atoms with van der Waals surface area (Å²) in [6.45, 7) is 2.24. The van der Waals surface area contributed by atoms with E-state index in [9.17, 15) is 5.11 Å². The maximum atomic E-state index is 9.24. The Morgan fingerprint density at radius 3 is 2.33 bits per heavy atom. The number of hydrogen-bond donors (Lipinski definition) is 3. The van der Waals surface area contributed by atoms with Gasteiger partial charge in [0.25, 0.3) is 0 Å². The van der Waals surface area contributed by atoms with Gasteiger partial charge in [0.15, 0.2) is 0 Å². The molecule has 0 atom stereocenters. The second kappa shape index (κ2) is 7.57. The van der Waals surface area contributed by atoms with Crippen LogP contribution in [0.4, 0.5) is 0 Å². The summed E-state index contributed by atoms with van der Waals surface area (Å²) in [4.78, 5) is 2.18. The van der Waals surface area contributed by atoms with E-state index in [1.54, 1.807) is 0 Å². The van der Waals surface area contributed by atoms with Crippen molar-refractivity contribution in [2.75, 3.05) is 13.2 Å². The normalized spacial score (nSPS) is 10.8. The quantitative estimate of drug-likeness (QED) is 0.537. The highest BCUT2D eigenvalue weighted by Crippen LogP contribution is 2.11. The molecule has 2 aromatic rings. The lowest BCUT2D eigenvalue weighted by molar-refractivity contribution is 0.184. The lowest BCUT2D eigenvalue weighted by atomic mass is 10.1. The molecule has 0 fully saturated rings. The monoisotopic (exact) mass is 283 g/mol. The van der Waals surface area contributed by atoms with Gasteiger partial charge in [-0.05, 0) is 17.2 Å². The number of aliphatic hydroxyl groups is 1. The summed E-state index contributed by atoms with van der Waals surface area (Å²) in [5, 5.41) is 16.7. The summed E-state index contributed by atoms with van der Waals surface area (Å²) in [6, 6.07) is 17.9. The molecule has 4 N–H and O–H groups in total. The molecule has 0 unspecified atom stereocenters. The Bertz CT molecular complexity index is 584. The lowest BCUT2D eigenvalue weighted by Gasteiger charge is -2.21. The zero-order valence-electron chi connectivity index (χ0n) is 12.0. The van der Waals surface area contributed by atoms with Crippen LogP contribution in [0.25, 0.3) is 0 Å². The van der Waals surface area contributed by atoms with Crippen molar-refractivity contribution < 1.29 is 5.11 Å². The van der Waals surface area contributed by atoms with E-state index in [-0.39, 0.29) is 12.4 Å². The Labute approximate surface area is 125 Å². The Morgan fingerprint density at radius 2 is 1.67 bits per heavy atom. The van der Waals surface area contributed by atoms with Crippen LogP contribution in [0.3, 0.4) is 0 Å². The molecule has 0 saturated heterocycles.